The van der Waals surface area contributed by atoms with Crippen molar-refractivity contribution in [3.63, 3.8) is 0 Å². The molecule has 1 aliphatic rings. The fraction of sp³-hybridized carbons (Fsp3) is 0.778. The topological polar surface area (TPSA) is 29.5 Å². The minimum absolute atomic E-state index is 0.155. The van der Waals surface area contributed by atoms with Gasteiger partial charge in [-0.1, -0.05) is 19.9 Å². The van der Waals surface area contributed by atoms with Crippen LogP contribution in [0.15, 0.2) is 12.7 Å². The van der Waals surface area contributed by atoms with E-state index in [0.717, 1.165) is 6.42 Å². The van der Waals surface area contributed by atoms with E-state index in [1.165, 1.54) is 0 Å². The van der Waals surface area contributed by atoms with E-state index in [2.05, 4.69) is 20.4 Å². The van der Waals surface area contributed by atoms with E-state index < -0.39 is 6.29 Å². The summed E-state index contributed by atoms with van der Waals surface area (Å²) in [6, 6.07) is 0. The molecular weight excluding hydrogens is 140 g/mol. The van der Waals surface area contributed by atoms with E-state index in [9.17, 15) is 0 Å². The van der Waals surface area contributed by atoms with Gasteiger partial charge in [0.05, 0.1) is 6.10 Å². The highest BCUT2D eigenvalue weighted by molar-refractivity contribution is 4.88. The van der Waals surface area contributed by atoms with Gasteiger partial charge >= 0.3 is 0 Å². The summed E-state index contributed by atoms with van der Waals surface area (Å²) in [6.07, 6.45) is 2.22. The number of aliphatic hydroxyl groups excluding tert-OH is 1. The molecule has 1 saturated heterocycles. The molecule has 64 valence electrons. The zero-order chi connectivity index (χ0) is 8.43. The van der Waals surface area contributed by atoms with Crippen LogP contribution < -0.4 is 0 Å². The maximum absolute atomic E-state index is 9.16. The highest BCUT2D eigenvalue weighted by Gasteiger charge is 2.33. The Labute approximate surface area is 67.9 Å². The monoisotopic (exact) mass is 156 g/mol. The van der Waals surface area contributed by atoms with Crippen LogP contribution in [0.1, 0.15) is 20.3 Å². The first-order valence-electron chi connectivity index (χ1n) is 4.11. The molecular formula is C9H16O2. The Morgan fingerprint density at radius 3 is 2.73 bits per heavy atom. The lowest BCUT2D eigenvalue weighted by Crippen LogP contribution is -2.21. The van der Waals surface area contributed by atoms with Crippen LogP contribution in [0, 0.1) is 11.8 Å². The molecule has 2 heteroatoms. The molecule has 0 aliphatic carbocycles. The smallest absolute Gasteiger partial charge is 0.155 e. The zero-order valence-corrected chi connectivity index (χ0v) is 7.16. The summed E-state index contributed by atoms with van der Waals surface area (Å²) in [5.74, 6) is 0.778. The predicted molar refractivity (Wildman–Crippen MR) is 44.0 cm³/mol. The second-order valence-electron chi connectivity index (χ2n) is 3.36. The average molecular weight is 156 g/mol. The Hall–Kier alpha value is -0.340. The lowest BCUT2D eigenvalue weighted by Gasteiger charge is -2.18. The largest absolute Gasteiger partial charge is 0.368 e. The van der Waals surface area contributed by atoms with E-state index in [0.29, 0.717) is 11.8 Å². The Morgan fingerprint density at radius 1 is 1.73 bits per heavy atom. The lowest BCUT2D eigenvalue weighted by atomic mass is 9.93. The highest BCUT2D eigenvalue weighted by Crippen LogP contribution is 2.29. The molecule has 11 heavy (non-hydrogen) atoms. The summed E-state index contributed by atoms with van der Waals surface area (Å²) in [5, 5.41) is 9.16. The van der Waals surface area contributed by atoms with Gasteiger partial charge in [0.15, 0.2) is 6.29 Å². The molecule has 1 rings (SSSR count). The van der Waals surface area contributed by atoms with Crippen molar-refractivity contribution in [3.05, 3.63) is 12.7 Å². The van der Waals surface area contributed by atoms with E-state index >= 15 is 0 Å². The van der Waals surface area contributed by atoms with Gasteiger partial charge in [0.25, 0.3) is 0 Å². The average Bonchev–Trinajstić information content (AvgIpc) is 2.28. The number of aliphatic hydroxyl groups is 1. The molecule has 1 fully saturated rings. The van der Waals surface area contributed by atoms with Gasteiger partial charge in [0.2, 0.25) is 0 Å². The first-order chi connectivity index (χ1) is 5.15. The third-order valence-electron chi connectivity index (χ3n) is 2.34. The normalized spacial score (nSPS) is 40.5. The first kappa shape index (κ1) is 8.75. The van der Waals surface area contributed by atoms with Gasteiger partial charge in [0, 0.05) is 12.3 Å². The summed E-state index contributed by atoms with van der Waals surface area (Å²) in [4.78, 5) is 0. The summed E-state index contributed by atoms with van der Waals surface area (Å²) in [7, 11) is 0. The highest BCUT2D eigenvalue weighted by atomic mass is 16.6. The molecule has 1 N–H and O–H groups in total. The molecule has 0 aromatic carbocycles. The van der Waals surface area contributed by atoms with Gasteiger partial charge in [-0.25, -0.2) is 0 Å². The second kappa shape index (κ2) is 3.37. The van der Waals surface area contributed by atoms with Crippen molar-refractivity contribution in [2.45, 2.75) is 32.7 Å². The second-order valence-corrected chi connectivity index (χ2v) is 3.36. The van der Waals surface area contributed by atoms with Crippen LogP contribution in [0.3, 0.4) is 0 Å². The molecule has 1 aliphatic heterocycles. The van der Waals surface area contributed by atoms with Gasteiger partial charge in [-0.2, -0.15) is 0 Å². The van der Waals surface area contributed by atoms with Gasteiger partial charge in [-0.15, -0.1) is 6.58 Å². The van der Waals surface area contributed by atoms with E-state index in [4.69, 9.17) is 9.84 Å². The van der Waals surface area contributed by atoms with Crippen molar-refractivity contribution in [2.24, 2.45) is 11.8 Å². The van der Waals surface area contributed by atoms with Gasteiger partial charge in [-0.3, -0.25) is 0 Å². The van der Waals surface area contributed by atoms with Crippen LogP contribution in [0.4, 0.5) is 0 Å². The number of hydrogen-bond acceptors (Lipinski definition) is 2. The number of hydrogen-bond donors (Lipinski definition) is 1. The maximum atomic E-state index is 9.16. The molecule has 0 aromatic rings. The molecule has 4 atom stereocenters. The third-order valence-corrected chi connectivity index (χ3v) is 2.34. The molecule has 0 amide bonds. The van der Waals surface area contributed by atoms with Crippen LogP contribution >= 0.6 is 0 Å². The van der Waals surface area contributed by atoms with Crippen molar-refractivity contribution in [1.82, 2.24) is 0 Å². The fourth-order valence-corrected chi connectivity index (χ4v) is 1.60. The first-order valence-corrected chi connectivity index (χ1v) is 4.11. The maximum Gasteiger partial charge on any atom is 0.155 e. The molecule has 0 radical (unpaired) electrons. The zero-order valence-electron chi connectivity index (χ0n) is 7.16. The molecule has 0 spiro atoms. The molecule has 0 saturated carbocycles. The van der Waals surface area contributed by atoms with E-state index in [-0.39, 0.29) is 6.10 Å². The van der Waals surface area contributed by atoms with Crippen LogP contribution in [-0.4, -0.2) is 17.5 Å². The summed E-state index contributed by atoms with van der Waals surface area (Å²) >= 11 is 0. The minimum Gasteiger partial charge on any atom is -0.368 e. The Morgan fingerprint density at radius 2 is 2.36 bits per heavy atom. The lowest BCUT2D eigenvalue weighted by molar-refractivity contribution is -0.100. The van der Waals surface area contributed by atoms with Crippen LogP contribution in [-0.2, 0) is 4.74 Å². The summed E-state index contributed by atoms with van der Waals surface area (Å²) in [6.45, 7) is 7.86. The van der Waals surface area contributed by atoms with Crippen molar-refractivity contribution < 1.29 is 9.84 Å². The molecule has 0 bridgehead atoms. The Kier molecular flexibility index (Phi) is 2.68. The quantitative estimate of drug-likeness (QED) is 0.615. The molecule has 4 unspecified atom stereocenters. The van der Waals surface area contributed by atoms with E-state index in [1.54, 1.807) is 0 Å². The Bertz CT molecular complexity index is 144. The minimum atomic E-state index is -0.558. The van der Waals surface area contributed by atoms with Crippen molar-refractivity contribution in [2.75, 3.05) is 0 Å². The molecule has 1 heterocycles. The standard InChI is InChI=1S/C9H16O2/c1-4-6(2)9-7(3)5-8(10)11-9/h4,6-10H,1,5H2,2-3H3. The van der Waals surface area contributed by atoms with Crippen LogP contribution in [0.2, 0.25) is 0 Å². The molecule has 0 aromatic heterocycles. The van der Waals surface area contributed by atoms with Crippen molar-refractivity contribution in [1.29, 1.82) is 0 Å². The number of ether oxygens (including phenoxy) is 1. The molecule has 2 nitrogen and oxygen atoms in total. The number of rotatable bonds is 2. The summed E-state index contributed by atoms with van der Waals surface area (Å²) < 4.78 is 5.31. The SMILES string of the molecule is C=CC(C)C1OC(O)CC1C. The fourth-order valence-electron chi connectivity index (χ4n) is 1.60. The van der Waals surface area contributed by atoms with Crippen molar-refractivity contribution in [3.8, 4) is 0 Å². The van der Waals surface area contributed by atoms with Crippen LogP contribution in [0.25, 0.3) is 0 Å². The van der Waals surface area contributed by atoms with Gasteiger partial charge < -0.3 is 9.84 Å². The van der Waals surface area contributed by atoms with Crippen LogP contribution in [0.5, 0.6) is 0 Å². The van der Waals surface area contributed by atoms with E-state index in [1.807, 2.05) is 6.08 Å². The third kappa shape index (κ3) is 1.82. The van der Waals surface area contributed by atoms with Gasteiger partial charge in [0.1, 0.15) is 0 Å². The van der Waals surface area contributed by atoms with Crippen molar-refractivity contribution >= 4 is 0 Å². The predicted octanol–water partition coefficient (Wildman–Crippen LogP) is 1.55. The summed E-state index contributed by atoms with van der Waals surface area (Å²) in [5.41, 5.74) is 0. The Balaban J connectivity index is 2.52. The van der Waals surface area contributed by atoms with Gasteiger partial charge in [-0.05, 0) is 5.92 Å².